The predicted octanol–water partition coefficient (Wildman–Crippen LogP) is 4.14. The molecule has 2 aromatic heterocycles. The van der Waals surface area contributed by atoms with E-state index in [1.54, 1.807) is 0 Å². The number of rotatable bonds is 4. The number of pyridine rings is 1. The molecule has 0 aliphatic heterocycles. The molecule has 0 unspecified atom stereocenters. The summed E-state index contributed by atoms with van der Waals surface area (Å²) in [6, 6.07) is 4.72. The third-order valence-electron chi connectivity index (χ3n) is 5.39. The van der Waals surface area contributed by atoms with E-state index in [9.17, 15) is 23.1 Å². The summed E-state index contributed by atoms with van der Waals surface area (Å²) in [6.07, 6.45) is 0.369. The average Bonchev–Trinajstić information content (AvgIpc) is 3.18. The Bertz CT molecular complexity index is 1120. The minimum Gasteiger partial charge on any atom is -0.506 e. The number of nitrogens with two attached hydrogens (primary N) is 1. The molecule has 0 bridgehead atoms. The van der Waals surface area contributed by atoms with Crippen LogP contribution < -0.4 is 11.1 Å². The number of carbonyl (C=O) groups is 1. The molecular formula is C21H21F3N4O3. The van der Waals surface area contributed by atoms with Gasteiger partial charge in [0.15, 0.2) is 11.5 Å². The van der Waals surface area contributed by atoms with Gasteiger partial charge in [0.05, 0.1) is 6.54 Å². The van der Waals surface area contributed by atoms with E-state index in [1.807, 2.05) is 0 Å². The Hall–Kier alpha value is -3.14. The van der Waals surface area contributed by atoms with Crippen LogP contribution in [0, 0.1) is 0 Å². The Morgan fingerprint density at radius 2 is 1.90 bits per heavy atom. The van der Waals surface area contributed by atoms with Gasteiger partial charge in [-0.05, 0) is 37.1 Å². The molecule has 164 valence electrons. The number of phenolic OH excluding ortho intramolecular Hbond substituents is 1. The number of amides is 1. The van der Waals surface area contributed by atoms with Crippen molar-refractivity contribution < 1.29 is 27.5 Å². The van der Waals surface area contributed by atoms with E-state index < -0.39 is 23.5 Å². The maximum atomic E-state index is 13.0. The summed E-state index contributed by atoms with van der Waals surface area (Å²) in [7, 11) is 0. The SMILES string of the molecule is NCc1oc(-c2ccc(O)c3nc(C(F)(F)F)ccc23)nc1C(=O)NC1CCCCC1. The smallest absolute Gasteiger partial charge is 0.433 e. The second-order valence-electron chi connectivity index (χ2n) is 7.53. The van der Waals surface area contributed by atoms with Gasteiger partial charge in [-0.3, -0.25) is 4.79 Å². The summed E-state index contributed by atoms with van der Waals surface area (Å²) < 4.78 is 44.7. The molecule has 0 spiro atoms. The maximum absolute atomic E-state index is 13.0. The number of fused-ring (bicyclic) bond motifs is 1. The van der Waals surface area contributed by atoms with Gasteiger partial charge in [-0.25, -0.2) is 9.97 Å². The number of aromatic nitrogens is 2. The summed E-state index contributed by atoms with van der Waals surface area (Å²) in [6.45, 7) is -0.0765. The van der Waals surface area contributed by atoms with Gasteiger partial charge >= 0.3 is 6.18 Å². The number of hydrogen-bond acceptors (Lipinski definition) is 6. The van der Waals surface area contributed by atoms with Gasteiger partial charge in [-0.2, -0.15) is 13.2 Å². The van der Waals surface area contributed by atoms with E-state index in [0.29, 0.717) is 5.56 Å². The van der Waals surface area contributed by atoms with Gasteiger partial charge in [-0.15, -0.1) is 0 Å². The predicted molar refractivity (Wildman–Crippen MR) is 106 cm³/mol. The normalized spacial score (nSPS) is 15.4. The number of oxazole rings is 1. The van der Waals surface area contributed by atoms with Crippen molar-refractivity contribution in [3.63, 3.8) is 0 Å². The minimum absolute atomic E-state index is 0.0146. The zero-order valence-electron chi connectivity index (χ0n) is 16.5. The van der Waals surface area contributed by atoms with Crippen molar-refractivity contribution in [1.29, 1.82) is 0 Å². The van der Waals surface area contributed by atoms with Crippen molar-refractivity contribution in [3.8, 4) is 17.2 Å². The third-order valence-corrected chi connectivity index (χ3v) is 5.39. The molecule has 3 aromatic rings. The second kappa shape index (κ2) is 8.18. The van der Waals surface area contributed by atoms with Crippen molar-refractivity contribution in [2.45, 2.75) is 50.9 Å². The van der Waals surface area contributed by atoms with E-state index in [4.69, 9.17) is 10.2 Å². The highest BCUT2D eigenvalue weighted by molar-refractivity contribution is 5.98. The number of halogens is 3. The Labute approximate surface area is 175 Å². The zero-order chi connectivity index (χ0) is 22.2. The van der Waals surface area contributed by atoms with Gasteiger partial charge in [0, 0.05) is 17.0 Å². The molecule has 1 aliphatic rings. The topological polar surface area (TPSA) is 114 Å². The molecular weight excluding hydrogens is 413 g/mol. The molecule has 1 aromatic carbocycles. The van der Waals surface area contributed by atoms with Crippen LogP contribution in [0.4, 0.5) is 13.2 Å². The molecule has 4 rings (SSSR count). The molecule has 31 heavy (non-hydrogen) atoms. The highest BCUT2D eigenvalue weighted by Crippen LogP contribution is 2.36. The molecule has 1 aliphatic carbocycles. The quantitative estimate of drug-likeness (QED) is 0.569. The van der Waals surface area contributed by atoms with Crippen molar-refractivity contribution >= 4 is 16.8 Å². The lowest BCUT2D eigenvalue weighted by Gasteiger charge is -2.22. The molecule has 0 atom stereocenters. The van der Waals surface area contributed by atoms with E-state index >= 15 is 0 Å². The molecule has 10 heteroatoms. The Balaban J connectivity index is 1.72. The lowest BCUT2D eigenvalue weighted by molar-refractivity contribution is -0.140. The number of nitrogens with zero attached hydrogens (tertiary/aromatic N) is 2. The Morgan fingerprint density at radius 3 is 2.58 bits per heavy atom. The van der Waals surface area contributed by atoms with E-state index in [1.165, 1.54) is 18.2 Å². The fraction of sp³-hybridized carbons (Fsp3) is 0.381. The first kappa shape index (κ1) is 21.1. The molecule has 7 nitrogen and oxygen atoms in total. The van der Waals surface area contributed by atoms with Crippen LogP contribution in [-0.2, 0) is 12.7 Å². The number of hydrogen-bond donors (Lipinski definition) is 3. The number of benzene rings is 1. The van der Waals surface area contributed by atoms with Crippen LogP contribution in [0.2, 0.25) is 0 Å². The van der Waals surface area contributed by atoms with Gasteiger partial charge in [-0.1, -0.05) is 19.3 Å². The third kappa shape index (κ3) is 4.20. The molecule has 1 saturated carbocycles. The maximum Gasteiger partial charge on any atom is 0.433 e. The molecule has 1 fully saturated rings. The van der Waals surface area contributed by atoms with Crippen LogP contribution in [0.15, 0.2) is 28.7 Å². The molecule has 1 amide bonds. The molecule has 4 N–H and O–H groups in total. The van der Waals surface area contributed by atoms with E-state index in [-0.39, 0.29) is 40.8 Å². The number of aromatic hydroxyl groups is 1. The summed E-state index contributed by atoms with van der Waals surface area (Å²) in [4.78, 5) is 20.6. The highest BCUT2D eigenvalue weighted by atomic mass is 19.4. The van der Waals surface area contributed by atoms with Crippen molar-refractivity contribution in [2.24, 2.45) is 5.73 Å². The Kier molecular flexibility index (Phi) is 5.57. The van der Waals surface area contributed by atoms with Crippen LogP contribution in [0.25, 0.3) is 22.4 Å². The summed E-state index contributed by atoms with van der Waals surface area (Å²) >= 11 is 0. The van der Waals surface area contributed by atoms with Crippen LogP contribution in [0.3, 0.4) is 0 Å². The van der Waals surface area contributed by atoms with Gasteiger partial charge < -0.3 is 20.6 Å². The van der Waals surface area contributed by atoms with Crippen molar-refractivity contribution in [3.05, 3.63) is 41.4 Å². The Morgan fingerprint density at radius 1 is 1.16 bits per heavy atom. The number of alkyl halides is 3. The lowest BCUT2D eigenvalue weighted by atomic mass is 9.95. The van der Waals surface area contributed by atoms with E-state index in [0.717, 1.165) is 38.2 Å². The molecule has 0 saturated heterocycles. The van der Waals surface area contributed by atoms with Crippen LogP contribution in [0.1, 0.15) is 54.0 Å². The number of carbonyl (C=O) groups excluding carboxylic acids is 1. The fourth-order valence-corrected chi connectivity index (χ4v) is 3.83. The van der Waals surface area contributed by atoms with Crippen molar-refractivity contribution in [1.82, 2.24) is 15.3 Å². The minimum atomic E-state index is -4.66. The van der Waals surface area contributed by atoms with Crippen LogP contribution >= 0.6 is 0 Å². The fourth-order valence-electron chi connectivity index (χ4n) is 3.83. The first-order chi connectivity index (χ1) is 14.8. The van der Waals surface area contributed by atoms with Gasteiger partial charge in [0.1, 0.15) is 17.0 Å². The summed E-state index contributed by atoms with van der Waals surface area (Å²) in [5, 5.41) is 13.2. The largest absolute Gasteiger partial charge is 0.506 e. The second-order valence-corrected chi connectivity index (χ2v) is 7.53. The monoisotopic (exact) mass is 434 g/mol. The van der Waals surface area contributed by atoms with Crippen LogP contribution in [0.5, 0.6) is 5.75 Å². The van der Waals surface area contributed by atoms with E-state index in [2.05, 4.69) is 15.3 Å². The first-order valence-corrected chi connectivity index (χ1v) is 9.99. The van der Waals surface area contributed by atoms with Gasteiger partial charge in [0.2, 0.25) is 5.89 Å². The summed E-state index contributed by atoms with van der Waals surface area (Å²) in [5.74, 6) is -0.626. The standard InChI is InChI=1S/C21H21F3N4O3/c22-21(23,24)16-9-7-12-13(6-8-14(29)17(12)27-16)20-28-18(15(10-25)31-20)19(30)26-11-4-2-1-3-5-11/h6-9,11,29H,1-5,10,25H2,(H,26,30). The van der Waals surface area contributed by atoms with Crippen LogP contribution in [-0.4, -0.2) is 27.0 Å². The highest BCUT2D eigenvalue weighted by Gasteiger charge is 2.33. The van der Waals surface area contributed by atoms with Crippen molar-refractivity contribution in [2.75, 3.05) is 0 Å². The average molecular weight is 434 g/mol. The van der Waals surface area contributed by atoms with Gasteiger partial charge in [0.25, 0.3) is 5.91 Å². The molecule has 2 heterocycles. The molecule has 0 radical (unpaired) electrons. The number of phenols is 1. The lowest BCUT2D eigenvalue weighted by Crippen LogP contribution is -2.36. The zero-order valence-corrected chi connectivity index (χ0v) is 16.5. The number of nitrogens with one attached hydrogen (secondary N) is 1. The summed E-state index contributed by atoms with van der Waals surface area (Å²) in [5.41, 5.74) is 4.69. The first-order valence-electron chi connectivity index (χ1n) is 9.99.